The number of hydrogen-bond acceptors (Lipinski definition) is 4. The van der Waals surface area contributed by atoms with Gasteiger partial charge in [0.05, 0.1) is 12.3 Å². The van der Waals surface area contributed by atoms with Crippen LogP contribution in [0.3, 0.4) is 0 Å². The molecular formula is C13H22N2O2. The first kappa shape index (κ1) is 14.1. The summed E-state index contributed by atoms with van der Waals surface area (Å²) in [6, 6.07) is 0. The Morgan fingerprint density at radius 1 is 1.41 bits per heavy atom. The molecule has 0 spiro atoms. The van der Waals surface area contributed by atoms with Crippen molar-refractivity contribution in [1.82, 2.24) is 9.97 Å². The Balaban J connectivity index is 3.05. The molecule has 4 nitrogen and oxygen atoms in total. The standard InChI is InChI=1S/C13H22N2O2/c1-5-6-11(17-4)13-14-7-10(8-16)12(15-13)9(2)3/h7,9,11,16H,5-6,8H2,1-4H3. The topological polar surface area (TPSA) is 55.2 Å². The van der Waals surface area contributed by atoms with Crippen LogP contribution in [0.15, 0.2) is 6.20 Å². The number of nitrogens with zero attached hydrogens (tertiary/aromatic N) is 2. The number of aromatic nitrogens is 2. The molecular weight excluding hydrogens is 216 g/mol. The summed E-state index contributed by atoms with van der Waals surface area (Å²) in [4.78, 5) is 8.82. The van der Waals surface area contributed by atoms with Crippen molar-refractivity contribution >= 4 is 0 Å². The van der Waals surface area contributed by atoms with E-state index >= 15 is 0 Å². The quantitative estimate of drug-likeness (QED) is 0.827. The molecule has 1 aromatic heterocycles. The van der Waals surface area contributed by atoms with E-state index in [1.807, 2.05) is 0 Å². The largest absolute Gasteiger partial charge is 0.392 e. The van der Waals surface area contributed by atoms with Crippen LogP contribution in [-0.4, -0.2) is 22.2 Å². The van der Waals surface area contributed by atoms with E-state index in [9.17, 15) is 5.11 Å². The van der Waals surface area contributed by atoms with E-state index in [2.05, 4.69) is 30.7 Å². The minimum absolute atomic E-state index is 0.0147. The van der Waals surface area contributed by atoms with Crippen LogP contribution in [0.4, 0.5) is 0 Å². The Labute approximate surface area is 103 Å². The highest BCUT2D eigenvalue weighted by Crippen LogP contribution is 2.22. The van der Waals surface area contributed by atoms with Gasteiger partial charge >= 0.3 is 0 Å². The molecule has 0 saturated carbocycles. The first-order valence-corrected chi connectivity index (χ1v) is 6.13. The summed E-state index contributed by atoms with van der Waals surface area (Å²) in [6.45, 7) is 6.22. The summed E-state index contributed by atoms with van der Waals surface area (Å²) >= 11 is 0. The summed E-state index contributed by atoms with van der Waals surface area (Å²) < 4.78 is 5.40. The molecule has 0 aromatic carbocycles. The lowest BCUT2D eigenvalue weighted by molar-refractivity contribution is 0.0872. The van der Waals surface area contributed by atoms with Crippen LogP contribution < -0.4 is 0 Å². The molecule has 1 N–H and O–H groups in total. The van der Waals surface area contributed by atoms with Gasteiger partial charge < -0.3 is 9.84 Å². The minimum Gasteiger partial charge on any atom is -0.392 e. The zero-order valence-electron chi connectivity index (χ0n) is 11.1. The molecule has 0 aliphatic carbocycles. The molecule has 0 fully saturated rings. The minimum atomic E-state index is -0.0507. The van der Waals surface area contributed by atoms with E-state index in [0.717, 1.165) is 29.9 Å². The van der Waals surface area contributed by atoms with Crippen molar-refractivity contribution in [2.45, 2.75) is 52.2 Å². The molecule has 1 unspecified atom stereocenters. The zero-order chi connectivity index (χ0) is 12.8. The fourth-order valence-electron chi connectivity index (χ4n) is 1.83. The number of hydrogen-bond donors (Lipinski definition) is 1. The van der Waals surface area contributed by atoms with Crippen LogP contribution >= 0.6 is 0 Å². The van der Waals surface area contributed by atoms with Crippen molar-refractivity contribution in [3.8, 4) is 0 Å². The van der Waals surface area contributed by atoms with Crippen molar-refractivity contribution in [3.05, 3.63) is 23.3 Å². The molecule has 17 heavy (non-hydrogen) atoms. The number of ether oxygens (including phenoxy) is 1. The second kappa shape index (κ2) is 6.67. The van der Waals surface area contributed by atoms with Gasteiger partial charge in [-0.1, -0.05) is 27.2 Å². The van der Waals surface area contributed by atoms with Crippen LogP contribution in [0.1, 0.15) is 62.7 Å². The van der Waals surface area contributed by atoms with Gasteiger partial charge in [-0.25, -0.2) is 9.97 Å². The van der Waals surface area contributed by atoms with Crippen LogP contribution in [0, 0.1) is 0 Å². The lowest BCUT2D eigenvalue weighted by atomic mass is 10.1. The highest BCUT2D eigenvalue weighted by molar-refractivity contribution is 5.20. The van der Waals surface area contributed by atoms with Crippen LogP contribution in [0.5, 0.6) is 0 Å². The van der Waals surface area contributed by atoms with Gasteiger partial charge in [0, 0.05) is 18.9 Å². The van der Waals surface area contributed by atoms with Gasteiger partial charge in [0.25, 0.3) is 0 Å². The Morgan fingerprint density at radius 3 is 2.59 bits per heavy atom. The van der Waals surface area contributed by atoms with Crippen molar-refractivity contribution in [3.63, 3.8) is 0 Å². The number of aliphatic hydroxyl groups is 1. The second-order valence-electron chi connectivity index (χ2n) is 4.46. The molecule has 0 aliphatic rings. The lowest BCUT2D eigenvalue weighted by Crippen LogP contribution is -2.11. The molecule has 1 atom stereocenters. The molecule has 0 aliphatic heterocycles. The Morgan fingerprint density at radius 2 is 2.12 bits per heavy atom. The van der Waals surface area contributed by atoms with Gasteiger partial charge in [-0.15, -0.1) is 0 Å². The molecule has 0 bridgehead atoms. The third kappa shape index (κ3) is 3.48. The smallest absolute Gasteiger partial charge is 0.157 e. The molecule has 1 rings (SSSR count). The molecule has 1 aromatic rings. The highest BCUT2D eigenvalue weighted by Gasteiger charge is 2.16. The third-order valence-electron chi connectivity index (χ3n) is 2.76. The summed E-state index contributed by atoms with van der Waals surface area (Å²) in [5.74, 6) is 0.994. The first-order chi connectivity index (χ1) is 8.13. The number of aliphatic hydroxyl groups excluding tert-OH is 1. The predicted molar refractivity (Wildman–Crippen MR) is 66.7 cm³/mol. The van der Waals surface area contributed by atoms with Crippen LogP contribution in [0.25, 0.3) is 0 Å². The van der Waals surface area contributed by atoms with Gasteiger partial charge in [-0.3, -0.25) is 0 Å². The Hall–Kier alpha value is -1.00. The van der Waals surface area contributed by atoms with E-state index in [4.69, 9.17) is 4.74 Å². The maximum Gasteiger partial charge on any atom is 0.157 e. The van der Waals surface area contributed by atoms with Gasteiger partial charge in [-0.05, 0) is 12.3 Å². The molecule has 4 heteroatoms. The predicted octanol–water partition coefficient (Wildman–Crippen LogP) is 2.58. The van der Waals surface area contributed by atoms with Crippen molar-refractivity contribution < 1.29 is 9.84 Å². The zero-order valence-corrected chi connectivity index (χ0v) is 11.1. The maximum atomic E-state index is 9.25. The van der Waals surface area contributed by atoms with Gasteiger partial charge in [0.15, 0.2) is 5.82 Å². The van der Waals surface area contributed by atoms with Crippen LogP contribution in [-0.2, 0) is 11.3 Å². The molecule has 0 saturated heterocycles. The number of methoxy groups -OCH3 is 1. The number of rotatable bonds is 6. The molecule has 0 radical (unpaired) electrons. The fraction of sp³-hybridized carbons (Fsp3) is 0.692. The van der Waals surface area contributed by atoms with E-state index in [1.54, 1.807) is 13.3 Å². The van der Waals surface area contributed by atoms with Crippen molar-refractivity contribution in [2.75, 3.05) is 7.11 Å². The summed E-state index contributed by atoms with van der Waals surface area (Å²) in [5, 5.41) is 9.25. The normalized spacial score (nSPS) is 13.1. The SMILES string of the molecule is CCCC(OC)c1ncc(CO)c(C(C)C)n1. The lowest BCUT2D eigenvalue weighted by Gasteiger charge is -2.16. The molecule has 0 amide bonds. The van der Waals surface area contributed by atoms with E-state index in [1.165, 1.54) is 0 Å². The van der Waals surface area contributed by atoms with Gasteiger partial charge in [-0.2, -0.15) is 0 Å². The third-order valence-corrected chi connectivity index (χ3v) is 2.76. The summed E-state index contributed by atoms with van der Waals surface area (Å²) in [6.07, 6.45) is 3.59. The van der Waals surface area contributed by atoms with Crippen LogP contribution in [0.2, 0.25) is 0 Å². The average molecular weight is 238 g/mol. The van der Waals surface area contributed by atoms with Gasteiger partial charge in [0.1, 0.15) is 6.10 Å². The molecule has 96 valence electrons. The Bertz CT molecular complexity index is 353. The molecule has 1 heterocycles. The van der Waals surface area contributed by atoms with Crippen molar-refractivity contribution in [1.29, 1.82) is 0 Å². The highest BCUT2D eigenvalue weighted by atomic mass is 16.5. The summed E-state index contributed by atoms with van der Waals surface area (Å²) in [5.41, 5.74) is 1.71. The monoisotopic (exact) mass is 238 g/mol. The van der Waals surface area contributed by atoms with E-state index in [0.29, 0.717) is 0 Å². The van der Waals surface area contributed by atoms with Gasteiger partial charge in [0.2, 0.25) is 0 Å². The maximum absolute atomic E-state index is 9.25. The summed E-state index contributed by atoms with van der Waals surface area (Å²) in [7, 11) is 1.68. The van der Waals surface area contributed by atoms with Crippen molar-refractivity contribution in [2.24, 2.45) is 0 Å². The Kier molecular flexibility index (Phi) is 5.51. The van der Waals surface area contributed by atoms with E-state index in [-0.39, 0.29) is 18.6 Å². The first-order valence-electron chi connectivity index (χ1n) is 6.13. The second-order valence-corrected chi connectivity index (χ2v) is 4.46. The van der Waals surface area contributed by atoms with E-state index < -0.39 is 0 Å². The average Bonchev–Trinajstić information content (AvgIpc) is 2.35. The fourth-order valence-corrected chi connectivity index (χ4v) is 1.83.